The molecule has 5 heteroatoms. The Balaban J connectivity index is 2.36. The zero-order chi connectivity index (χ0) is 13.3. The van der Waals surface area contributed by atoms with Gasteiger partial charge in [0.2, 0.25) is 5.91 Å². The summed E-state index contributed by atoms with van der Waals surface area (Å²) in [5.74, 6) is 0.488. The molecule has 1 amide bonds. The van der Waals surface area contributed by atoms with Gasteiger partial charge >= 0.3 is 0 Å². The van der Waals surface area contributed by atoms with E-state index in [-0.39, 0.29) is 5.91 Å². The molecule has 0 bridgehead atoms. The van der Waals surface area contributed by atoms with Crippen LogP contribution in [-0.2, 0) is 4.79 Å². The van der Waals surface area contributed by atoms with Crippen molar-refractivity contribution in [2.24, 2.45) is 11.7 Å². The third-order valence-electron chi connectivity index (χ3n) is 3.27. The Morgan fingerprint density at radius 3 is 2.83 bits per heavy atom. The van der Waals surface area contributed by atoms with Gasteiger partial charge in [-0.2, -0.15) is 0 Å². The Bertz CT molecular complexity index is 464. The molecule has 0 aliphatic carbocycles. The van der Waals surface area contributed by atoms with Crippen LogP contribution in [0, 0.1) is 5.92 Å². The van der Waals surface area contributed by atoms with Crippen LogP contribution >= 0.6 is 15.9 Å². The van der Waals surface area contributed by atoms with Crippen molar-refractivity contribution in [1.82, 2.24) is 0 Å². The van der Waals surface area contributed by atoms with Crippen LogP contribution in [0.4, 0.5) is 11.4 Å². The number of amides is 1. The Morgan fingerprint density at radius 1 is 1.44 bits per heavy atom. The second-order valence-corrected chi connectivity index (χ2v) is 5.72. The first-order valence-corrected chi connectivity index (χ1v) is 6.83. The molecule has 0 fully saturated rings. The first kappa shape index (κ1) is 13.4. The van der Waals surface area contributed by atoms with E-state index in [4.69, 9.17) is 5.73 Å². The molecule has 98 valence electrons. The smallest absolute Gasteiger partial charge is 0.246 e. The number of anilines is 2. The highest BCUT2D eigenvalue weighted by Gasteiger charge is 2.27. The van der Waals surface area contributed by atoms with Crippen molar-refractivity contribution in [2.45, 2.75) is 6.92 Å². The zero-order valence-electron chi connectivity index (χ0n) is 10.7. The highest BCUT2D eigenvalue weighted by atomic mass is 79.9. The Morgan fingerprint density at radius 2 is 2.17 bits per heavy atom. The van der Waals surface area contributed by atoms with Crippen molar-refractivity contribution in [3.05, 3.63) is 22.7 Å². The molecule has 1 aliphatic rings. The van der Waals surface area contributed by atoms with Crippen LogP contribution in [0.25, 0.3) is 0 Å². The lowest BCUT2D eigenvalue weighted by atomic mass is 10.1. The molecule has 0 radical (unpaired) electrons. The number of hydrogen-bond donors (Lipinski definition) is 1. The molecular formula is C13H18BrN3O. The minimum absolute atomic E-state index is 0.119. The van der Waals surface area contributed by atoms with Crippen LogP contribution in [-0.4, -0.2) is 32.6 Å². The number of carbonyl (C=O) groups excluding carboxylic acids is 1. The highest BCUT2D eigenvalue weighted by Crippen LogP contribution is 2.35. The normalized spacial score (nSPS) is 16.8. The van der Waals surface area contributed by atoms with E-state index in [1.807, 2.05) is 19.2 Å². The van der Waals surface area contributed by atoms with Crippen molar-refractivity contribution in [3.8, 4) is 0 Å². The van der Waals surface area contributed by atoms with Gasteiger partial charge in [-0.25, -0.2) is 0 Å². The number of halogens is 1. The van der Waals surface area contributed by atoms with Crippen LogP contribution in [0.5, 0.6) is 0 Å². The SMILES string of the molecule is CC(CN)CN1CC(=O)N(C)c2ccc(Br)cc21. The van der Waals surface area contributed by atoms with Gasteiger partial charge in [-0.3, -0.25) is 4.79 Å². The highest BCUT2D eigenvalue weighted by molar-refractivity contribution is 9.10. The maximum Gasteiger partial charge on any atom is 0.246 e. The fourth-order valence-corrected chi connectivity index (χ4v) is 2.49. The van der Waals surface area contributed by atoms with E-state index in [0.29, 0.717) is 19.0 Å². The molecule has 0 spiro atoms. The van der Waals surface area contributed by atoms with E-state index in [2.05, 4.69) is 33.8 Å². The largest absolute Gasteiger partial charge is 0.360 e. The number of rotatable bonds is 3. The Labute approximate surface area is 116 Å². The number of fused-ring (bicyclic) bond motifs is 1. The molecule has 1 atom stereocenters. The summed E-state index contributed by atoms with van der Waals surface area (Å²) in [5, 5.41) is 0. The number of benzene rings is 1. The predicted molar refractivity (Wildman–Crippen MR) is 78.0 cm³/mol. The van der Waals surface area contributed by atoms with Gasteiger partial charge in [0, 0.05) is 18.1 Å². The lowest BCUT2D eigenvalue weighted by Gasteiger charge is -2.36. The van der Waals surface area contributed by atoms with E-state index in [0.717, 1.165) is 22.4 Å². The van der Waals surface area contributed by atoms with Crippen LogP contribution in [0.1, 0.15) is 6.92 Å². The van der Waals surface area contributed by atoms with Gasteiger partial charge in [0.05, 0.1) is 17.9 Å². The first-order chi connectivity index (χ1) is 8.52. The molecule has 4 nitrogen and oxygen atoms in total. The van der Waals surface area contributed by atoms with Crippen molar-refractivity contribution < 1.29 is 4.79 Å². The molecule has 1 aliphatic heterocycles. The molecule has 2 rings (SSSR count). The average Bonchev–Trinajstić information content (AvgIpc) is 2.35. The Kier molecular flexibility index (Phi) is 3.92. The van der Waals surface area contributed by atoms with Crippen LogP contribution in [0.2, 0.25) is 0 Å². The number of nitrogens with zero attached hydrogens (tertiary/aromatic N) is 2. The second kappa shape index (κ2) is 5.28. The van der Waals surface area contributed by atoms with Crippen molar-refractivity contribution >= 4 is 33.2 Å². The first-order valence-electron chi connectivity index (χ1n) is 6.04. The van der Waals surface area contributed by atoms with Crippen LogP contribution < -0.4 is 15.5 Å². The fourth-order valence-electron chi connectivity index (χ4n) is 2.14. The topological polar surface area (TPSA) is 49.6 Å². The summed E-state index contributed by atoms with van der Waals surface area (Å²) in [6.45, 7) is 3.95. The number of carbonyl (C=O) groups is 1. The van der Waals surface area contributed by atoms with E-state index < -0.39 is 0 Å². The minimum Gasteiger partial charge on any atom is -0.360 e. The molecule has 1 aromatic carbocycles. The molecule has 1 aromatic rings. The summed E-state index contributed by atoms with van der Waals surface area (Å²) in [7, 11) is 1.82. The molecule has 2 N–H and O–H groups in total. The van der Waals surface area contributed by atoms with E-state index >= 15 is 0 Å². The molecule has 0 saturated carbocycles. The average molecular weight is 312 g/mol. The lowest BCUT2D eigenvalue weighted by Crippen LogP contribution is -2.46. The van der Waals surface area contributed by atoms with Gasteiger partial charge in [0.1, 0.15) is 0 Å². The summed E-state index contributed by atoms with van der Waals surface area (Å²) in [5.41, 5.74) is 7.72. The second-order valence-electron chi connectivity index (χ2n) is 4.81. The van der Waals surface area contributed by atoms with Crippen LogP contribution in [0.15, 0.2) is 22.7 Å². The van der Waals surface area contributed by atoms with Crippen LogP contribution in [0.3, 0.4) is 0 Å². The van der Waals surface area contributed by atoms with Gasteiger partial charge in [0.25, 0.3) is 0 Å². The summed E-state index contributed by atoms with van der Waals surface area (Å²) in [4.78, 5) is 15.8. The monoisotopic (exact) mass is 311 g/mol. The van der Waals surface area contributed by atoms with Gasteiger partial charge in [-0.1, -0.05) is 22.9 Å². The minimum atomic E-state index is 0.119. The molecule has 18 heavy (non-hydrogen) atoms. The van der Waals surface area contributed by atoms with Crippen molar-refractivity contribution in [3.63, 3.8) is 0 Å². The van der Waals surface area contributed by atoms with Gasteiger partial charge in [-0.15, -0.1) is 0 Å². The standard InChI is InChI=1S/C13H18BrN3O/c1-9(6-15)7-17-8-13(18)16(2)11-4-3-10(14)5-12(11)17/h3-5,9H,6-8,15H2,1-2H3. The number of nitrogens with two attached hydrogens (primary N) is 1. The van der Waals surface area contributed by atoms with Gasteiger partial charge < -0.3 is 15.5 Å². The number of likely N-dealkylation sites (N-methyl/N-ethyl adjacent to an activating group) is 1. The van der Waals surface area contributed by atoms with Gasteiger partial charge in [0.15, 0.2) is 0 Å². The van der Waals surface area contributed by atoms with Crippen molar-refractivity contribution in [1.29, 1.82) is 0 Å². The third-order valence-corrected chi connectivity index (χ3v) is 3.77. The maximum atomic E-state index is 12.0. The summed E-state index contributed by atoms with van der Waals surface area (Å²) in [6, 6.07) is 5.98. The zero-order valence-corrected chi connectivity index (χ0v) is 12.3. The molecule has 0 saturated heterocycles. The molecule has 0 aromatic heterocycles. The quantitative estimate of drug-likeness (QED) is 0.926. The van der Waals surface area contributed by atoms with Gasteiger partial charge in [-0.05, 0) is 30.7 Å². The summed E-state index contributed by atoms with van der Waals surface area (Å²) in [6.07, 6.45) is 0. The van der Waals surface area contributed by atoms with E-state index in [1.54, 1.807) is 4.90 Å². The fraction of sp³-hybridized carbons (Fsp3) is 0.462. The summed E-state index contributed by atoms with van der Waals surface area (Å²) < 4.78 is 1.02. The molecule has 1 unspecified atom stereocenters. The molecule has 1 heterocycles. The van der Waals surface area contributed by atoms with Crippen molar-refractivity contribution in [2.75, 3.05) is 36.5 Å². The van der Waals surface area contributed by atoms with E-state index in [9.17, 15) is 4.79 Å². The van der Waals surface area contributed by atoms with E-state index in [1.165, 1.54) is 0 Å². The maximum absolute atomic E-state index is 12.0. The third kappa shape index (κ3) is 2.52. The number of hydrogen-bond acceptors (Lipinski definition) is 3. The lowest BCUT2D eigenvalue weighted by molar-refractivity contribution is -0.117. The predicted octanol–water partition coefficient (Wildman–Crippen LogP) is 1.83. The summed E-state index contributed by atoms with van der Waals surface area (Å²) >= 11 is 3.48. The Hall–Kier alpha value is -1.07. The molecular weight excluding hydrogens is 294 g/mol.